The SMILES string of the molecule is CCNCc1ccc(S(=O)(=O)NCC)cc1. The van der Waals surface area contributed by atoms with E-state index in [2.05, 4.69) is 10.0 Å². The van der Waals surface area contributed by atoms with Gasteiger partial charge in [0.25, 0.3) is 0 Å². The summed E-state index contributed by atoms with van der Waals surface area (Å²) in [5.41, 5.74) is 1.08. The second kappa shape index (κ2) is 5.98. The number of hydrogen-bond acceptors (Lipinski definition) is 3. The Morgan fingerprint density at radius 3 is 2.19 bits per heavy atom. The van der Waals surface area contributed by atoms with Gasteiger partial charge in [0.1, 0.15) is 0 Å². The van der Waals surface area contributed by atoms with Crippen molar-refractivity contribution in [1.29, 1.82) is 0 Å². The molecular weight excluding hydrogens is 224 g/mol. The maximum absolute atomic E-state index is 11.6. The third kappa shape index (κ3) is 3.59. The van der Waals surface area contributed by atoms with Crippen LogP contribution in [-0.4, -0.2) is 21.5 Å². The van der Waals surface area contributed by atoms with Gasteiger partial charge in [0.2, 0.25) is 10.0 Å². The quantitative estimate of drug-likeness (QED) is 0.785. The number of rotatable bonds is 6. The summed E-state index contributed by atoms with van der Waals surface area (Å²) in [5, 5.41) is 3.18. The summed E-state index contributed by atoms with van der Waals surface area (Å²) in [7, 11) is -3.32. The van der Waals surface area contributed by atoms with Crippen molar-refractivity contribution in [3.8, 4) is 0 Å². The Morgan fingerprint density at radius 2 is 1.69 bits per heavy atom. The minimum absolute atomic E-state index is 0.314. The van der Waals surface area contributed by atoms with Crippen molar-refractivity contribution in [1.82, 2.24) is 10.0 Å². The van der Waals surface area contributed by atoms with E-state index in [9.17, 15) is 8.42 Å². The zero-order chi connectivity index (χ0) is 12.0. The molecule has 1 rings (SSSR count). The third-order valence-corrected chi connectivity index (χ3v) is 3.71. The largest absolute Gasteiger partial charge is 0.313 e. The van der Waals surface area contributed by atoms with Crippen LogP contribution < -0.4 is 10.0 Å². The van der Waals surface area contributed by atoms with E-state index in [0.29, 0.717) is 11.4 Å². The first-order valence-corrected chi connectivity index (χ1v) is 6.87. The topological polar surface area (TPSA) is 58.2 Å². The summed E-state index contributed by atoms with van der Waals surface area (Å²) in [6.07, 6.45) is 0. The van der Waals surface area contributed by atoms with Crippen LogP contribution in [0.4, 0.5) is 0 Å². The van der Waals surface area contributed by atoms with Gasteiger partial charge in [-0.3, -0.25) is 0 Å². The van der Waals surface area contributed by atoms with Crippen LogP contribution in [0.2, 0.25) is 0 Å². The van der Waals surface area contributed by atoms with E-state index in [0.717, 1.165) is 18.7 Å². The van der Waals surface area contributed by atoms with Crippen molar-refractivity contribution >= 4 is 10.0 Å². The lowest BCUT2D eigenvalue weighted by Crippen LogP contribution is -2.23. The minimum atomic E-state index is -3.32. The molecule has 0 radical (unpaired) electrons. The highest BCUT2D eigenvalue weighted by Crippen LogP contribution is 2.10. The van der Waals surface area contributed by atoms with Gasteiger partial charge < -0.3 is 5.32 Å². The van der Waals surface area contributed by atoms with Crippen molar-refractivity contribution < 1.29 is 8.42 Å². The van der Waals surface area contributed by atoms with Crippen LogP contribution in [0, 0.1) is 0 Å². The van der Waals surface area contributed by atoms with Gasteiger partial charge in [-0.25, -0.2) is 13.1 Å². The van der Waals surface area contributed by atoms with Crippen molar-refractivity contribution in [2.45, 2.75) is 25.3 Å². The van der Waals surface area contributed by atoms with Crippen LogP contribution in [0.25, 0.3) is 0 Å². The Balaban J connectivity index is 2.78. The molecule has 4 nitrogen and oxygen atoms in total. The molecule has 0 saturated carbocycles. The van der Waals surface area contributed by atoms with E-state index in [1.165, 1.54) is 0 Å². The fourth-order valence-electron chi connectivity index (χ4n) is 1.33. The van der Waals surface area contributed by atoms with Gasteiger partial charge in [0.15, 0.2) is 0 Å². The van der Waals surface area contributed by atoms with Gasteiger partial charge in [-0.05, 0) is 24.2 Å². The standard InChI is InChI=1S/C11H18N2O2S/c1-3-12-9-10-5-7-11(8-6-10)16(14,15)13-4-2/h5-8,12-13H,3-4,9H2,1-2H3. The van der Waals surface area contributed by atoms with E-state index in [1.807, 2.05) is 19.1 Å². The monoisotopic (exact) mass is 242 g/mol. The van der Waals surface area contributed by atoms with Gasteiger partial charge in [-0.15, -0.1) is 0 Å². The normalized spacial score (nSPS) is 11.6. The molecule has 1 aromatic carbocycles. The van der Waals surface area contributed by atoms with Gasteiger partial charge in [-0.1, -0.05) is 26.0 Å². The summed E-state index contributed by atoms with van der Waals surface area (Å²) < 4.78 is 25.7. The number of sulfonamides is 1. The molecule has 0 bridgehead atoms. The van der Waals surface area contributed by atoms with Crippen LogP contribution in [0.3, 0.4) is 0 Å². The molecule has 0 aromatic heterocycles. The van der Waals surface area contributed by atoms with Crippen LogP contribution in [0.15, 0.2) is 29.2 Å². The van der Waals surface area contributed by atoms with Gasteiger partial charge in [0, 0.05) is 13.1 Å². The van der Waals surface area contributed by atoms with Gasteiger partial charge in [-0.2, -0.15) is 0 Å². The van der Waals surface area contributed by atoms with Crippen LogP contribution in [-0.2, 0) is 16.6 Å². The molecule has 0 atom stereocenters. The lowest BCUT2D eigenvalue weighted by molar-refractivity contribution is 0.584. The van der Waals surface area contributed by atoms with Crippen molar-refractivity contribution in [2.24, 2.45) is 0 Å². The summed E-state index contributed by atoms with van der Waals surface area (Å²) in [6.45, 7) is 5.86. The van der Waals surface area contributed by atoms with E-state index < -0.39 is 10.0 Å². The van der Waals surface area contributed by atoms with Gasteiger partial charge in [0.05, 0.1) is 4.90 Å². The molecule has 90 valence electrons. The zero-order valence-corrected chi connectivity index (χ0v) is 10.5. The first kappa shape index (κ1) is 13.2. The predicted octanol–water partition coefficient (Wildman–Crippen LogP) is 1.09. The summed E-state index contributed by atoms with van der Waals surface area (Å²) in [4.78, 5) is 0.314. The maximum Gasteiger partial charge on any atom is 0.240 e. The van der Waals surface area contributed by atoms with Crippen LogP contribution in [0.5, 0.6) is 0 Å². The average Bonchev–Trinajstić information content (AvgIpc) is 2.27. The molecule has 1 aromatic rings. The highest BCUT2D eigenvalue weighted by molar-refractivity contribution is 7.89. The third-order valence-electron chi connectivity index (χ3n) is 2.15. The highest BCUT2D eigenvalue weighted by atomic mass is 32.2. The smallest absolute Gasteiger partial charge is 0.240 e. The van der Waals surface area contributed by atoms with E-state index in [4.69, 9.17) is 0 Å². The molecule has 0 aliphatic rings. The molecule has 0 saturated heterocycles. The molecule has 0 spiro atoms. The lowest BCUT2D eigenvalue weighted by atomic mass is 10.2. The molecule has 0 fully saturated rings. The summed E-state index contributed by atoms with van der Waals surface area (Å²) in [6, 6.07) is 6.91. The Bertz CT molecular complexity index is 412. The van der Waals surface area contributed by atoms with E-state index >= 15 is 0 Å². The lowest BCUT2D eigenvalue weighted by Gasteiger charge is -2.06. The molecule has 5 heteroatoms. The summed E-state index contributed by atoms with van der Waals surface area (Å²) >= 11 is 0. The highest BCUT2D eigenvalue weighted by Gasteiger charge is 2.11. The fourth-order valence-corrected chi connectivity index (χ4v) is 2.37. The number of hydrogen-bond donors (Lipinski definition) is 2. The Hall–Kier alpha value is -0.910. The second-order valence-electron chi connectivity index (χ2n) is 3.43. The molecule has 0 aliphatic heterocycles. The Kier molecular flexibility index (Phi) is 4.92. The predicted molar refractivity (Wildman–Crippen MR) is 64.7 cm³/mol. The van der Waals surface area contributed by atoms with Gasteiger partial charge >= 0.3 is 0 Å². The number of nitrogens with one attached hydrogen (secondary N) is 2. The van der Waals surface area contributed by atoms with Crippen molar-refractivity contribution in [3.05, 3.63) is 29.8 Å². The fraction of sp³-hybridized carbons (Fsp3) is 0.455. The van der Waals surface area contributed by atoms with Crippen molar-refractivity contribution in [3.63, 3.8) is 0 Å². The van der Waals surface area contributed by atoms with E-state index in [1.54, 1.807) is 19.1 Å². The zero-order valence-electron chi connectivity index (χ0n) is 9.66. The molecule has 0 heterocycles. The first-order chi connectivity index (χ1) is 7.60. The van der Waals surface area contributed by atoms with E-state index in [-0.39, 0.29) is 0 Å². The maximum atomic E-state index is 11.6. The summed E-state index contributed by atoms with van der Waals surface area (Å²) in [5.74, 6) is 0. The van der Waals surface area contributed by atoms with Crippen molar-refractivity contribution in [2.75, 3.05) is 13.1 Å². The Morgan fingerprint density at radius 1 is 1.06 bits per heavy atom. The number of benzene rings is 1. The first-order valence-electron chi connectivity index (χ1n) is 5.39. The minimum Gasteiger partial charge on any atom is -0.313 e. The molecular formula is C11H18N2O2S. The van der Waals surface area contributed by atoms with Crippen LogP contribution in [0.1, 0.15) is 19.4 Å². The second-order valence-corrected chi connectivity index (χ2v) is 5.19. The average molecular weight is 242 g/mol. The Labute approximate surface area is 97.1 Å². The molecule has 2 N–H and O–H groups in total. The molecule has 0 amide bonds. The molecule has 16 heavy (non-hydrogen) atoms. The molecule has 0 unspecified atom stereocenters. The van der Waals surface area contributed by atoms with Crippen LogP contribution >= 0.6 is 0 Å². The molecule has 0 aliphatic carbocycles.